The first-order chi connectivity index (χ1) is 17.2. The summed E-state index contributed by atoms with van der Waals surface area (Å²) in [6, 6.07) is 8.07. The molecule has 1 atom stereocenters. The van der Waals surface area contributed by atoms with Gasteiger partial charge in [0.2, 0.25) is 21.7 Å². The van der Waals surface area contributed by atoms with Crippen LogP contribution in [0.2, 0.25) is 0 Å². The Morgan fingerprint density at radius 3 is 2.08 bits per heavy atom. The second-order valence-electron chi connectivity index (χ2n) is 8.45. The van der Waals surface area contributed by atoms with Gasteiger partial charge in [-0.2, -0.15) is 4.31 Å². The second-order valence-corrected chi connectivity index (χ2v) is 10.4. The van der Waals surface area contributed by atoms with E-state index in [0.29, 0.717) is 54.7 Å². The van der Waals surface area contributed by atoms with Gasteiger partial charge in [0.1, 0.15) is 0 Å². The van der Waals surface area contributed by atoms with Crippen molar-refractivity contribution in [3.8, 4) is 28.7 Å². The standard InChI is InChI=1S/C25H34N2O8S/c1-26(15-17-12-22(33-4)24(35-6)23(13-17)34-5)25(28)18-8-7-11-27(16-18)36(29,30)19-9-10-20(31-2)21(14-19)32-3/h9-10,12-14,18H,7-8,11,15-16H2,1-6H3. The SMILES string of the molecule is COc1ccc(S(=O)(=O)N2CCCC(C(=O)N(C)Cc3cc(OC)c(OC)c(OC)c3)C2)cc1OC. The average molecular weight is 523 g/mol. The van der Waals surface area contributed by atoms with Crippen LogP contribution in [0.25, 0.3) is 0 Å². The number of sulfonamides is 1. The Morgan fingerprint density at radius 1 is 0.917 bits per heavy atom. The van der Waals surface area contributed by atoms with E-state index in [1.165, 1.54) is 52.0 Å². The number of benzene rings is 2. The predicted molar refractivity (Wildman–Crippen MR) is 134 cm³/mol. The van der Waals surface area contributed by atoms with E-state index in [1.807, 2.05) is 0 Å². The summed E-state index contributed by atoms with van der Waals surface area (Å²) >= 11 is 0. The Labute approximate surface area is 212 Å². The molecule has 36 heavy (non-hydrogen) atoms. The highest BCUT2D eigenvalue weighted by Crippen LogP contribution is 2.38. The van der Waals surface area contributed by atoms with Gasteiger partial charge in [-0.15, -0.1) is 0 Å². The molecule has 0 saturated carbocycles. The Hall–Kier alpha value is -3.18. The number of piperidine rings is 1. The fourth-order valence-electron chi connectivity index (χ4n) is 4.38. The summed E-state index contributed by atoms with van der Waals surface area (Å²) in [5, 5.41) is 0. The molecule has 1 aliphatic heterocycles. The first-order valence-corrected chi connectivity index (χ1v) is 12.9. The lowest BCUT2D eigenvalue weighted by molar-refractivity contribution is -0.135. The van der Waals surface area contributed by atoms with Crippen LogP contribution in [0, 0.1) is 5.92 Å². The number of hydrogen-bond acceptors (Lipinski definition) is 8. The number of hydrogen-bond donors (Lipinski definition) is 0. The zero-order valence-corrected chi connectivity index (χ0v) is 22.4. The van der Waals surface area contributed by atoms with Gasteiger partial charge in [-0.05, 0) is 42.7 Å². The molecule has 2 aromatic carbocycles. The third kappa shape index (κ3) is 5.62. The lowest BCUT2D eigenvalue weighted by Crippen LogP contribution is -2.45. The molecule has 1 unspecified atom stereocenters. The van der Waals surface area contributed by atoms with E-state index in [-0.39, 0.29) is 17.3 Å². The molecule has 3 rings (SSSR count). The minimum atomic E-state index is -3.82. The minimum absolute atomic E-state index is 0.0963. The molecule has 1 fully saturated rings. The van der Waals surface area contributed by atoms with Crippen LogP contribution in [0.4, 0.5) is 0 Å². The Kier molecular flexibility index (Phi) is 8.91. The van der Waals surface area contributed by atoms with Crippen molar-refractivity contribution >= 4 is 15.9 Å². The summed E-state index contributed by atoms with van der Waals surface area (Å²) in [5.41, 5.74) is 0.797. The quantitative estimate of drug-likeness (QED) is 0.469. The summed E-state index contributed by atoms with van der Waals surface area (Å²) in [6.45, 7) is 0.751. The molecule has 0 bridgehead atoms. The van der Waals surface area contributed by atoms with Crippen LogP contribution in [0.5, 0.6) is 28.7 Å². The van der Waals surface area contributed by atoms with Gasteiger partial charge in [0, 0.05) is 32.7 Å². The highest BCUT2D eigenvalue weighted by atomic mass is 32.2. The fourth-order valence-corrected chi connectivity index (χ4v) is 5.92. The van der Waals surface area contributed by atoms with E-state index >= 15 is 0 Å². The molecule has 1 amide bonds. The maximum atomic E-state index is 13.4. The number of rotatable bonds is 10. The average Bonchev–Trinajstić information content (AvgIpc) is 2.91. The lowest BCUT2D eigenvalue weighted by atomic mass is 9.98. The van der Waals surface area contributed by atoms with Crippen molar-refractivity contribution in [1.82, 2.24) is 9.21 Å². The van der Waals surface area contributed by atoms with Crippen molar-refractivity contribution in [2.24, 2.45) is 5.92 Å². The van der Waals surface area contributed by atoms with Crippen LogP contribution in [0.15, 0.2) is 35.2 Å². The summed E-state index contributed by atoms with van der Waals surface area (Å²) in [6.07, 6.45) is 1.19. The van der Waals surface area contributed by atoms with Gasteiger partial charge in [0.05, 0.1) is 46.4 Å². The molecule has 198 valence electrons. The predicted octanol–water partition coefficient (Wildman–Crippen LogP) is 2.79. The topological polar surface area (TPSA) is 104 Å². The van der Waals surface area contributed by atoms with Crippen molar-refractivity contribution in [1.29, 1.82) is 0 Å². The molecule has 1 aliphatic rings. The Bertz CT molecular complexity index is 1160. The molecule has 1 heterocycles. The van der Waals surface area contributed by atoms with E-state index in [0.717, 1.165) is 5.56 Å². The third-order valence-electron chi connectivity index (χ3n) is 6.25. The number of carbonyl (C=O) groups excluding carboxylic acids is 1. The molecule has 2 aromatic rings. The zero-order valence-electron chi connectivity index (χ0n) is 21.6. The molecule has 0 N–H and O–H groups in total. The Balaban J connectivity index is 1.76. The van der Waals surface area contributed by atoms with E-state index in [4.69, 9.17) is 23.7 Å². The molecular formula is C25H34N2O8S. The van der Waals surface area contributed by atoms with Gasteiger partial charge in [-0.3, -0.25) is 4.79 Å². The van der Waals surface area contributed by atoms with Crippen LogP contribution >= 0.6 is 0 Å². The normalized spacial score (nSPS) is 16.2. The molecule has 1 saturated heterocycles. The summed E-state index contributed by atoms with van der Waals surface area (Å²) < 4.78 is 54.7. The first-order valence-electron chi connectivity index (χ1n) is 11.5. The monoisotopic (exact) mass is 522 g/mol. The van der Waals surface area contributed by atoms with Crippen LogP contribution in [-0.4, -0.2) is 79.2 Å². The second kappa shape index (κ2) is 11.7. The molecule has 11 heteroatoms. The van der Waals surface area contributed by atoms with Crippen molar-refractivity contribution < 1.29 is 36.9 Å². The maximum Gasteiger partial charge on any atom is 0.243 e. The van der Waals surface area contributed by atoms with Crippen LogP contribution in [-0.2, 0) is 21.4 Å². The number of amides is 1. The number of ether oxygens (including phenoxy) is 5. The van der Waals surface area contributed by atoms with Crippen LogP contribution < -0.4 is 23.7 Å². The fraction of sp³-hybridized carbons (Fsp3) is 0.480. The number of carbonyl (C=O) groups is 1. The van der Waals surface area contributed by atoms with Gasteiger partial charge in [-0.1, -0.05) is 0 Å². The van der Waals surface area contributed by atoms with Crippen LogP contribution in [0.3, 0.4) is 0 Å². The van der Waals surface area contributed by atoms with Crippen molar-refractivity contribution in [2.45, 2.75) is 24.3 Å². The van der Waals surface area contributed by atoms with E-state index < -0.39 is 15.9 Å². The van der Waals surface area contributed by atoms with Crippen LogP contribution in [0.1, 0.15) is 18.4 Å². The van der Waals surface area contributed by atoms with Gasteiger partial charge in [-0.25, -0.2) is 8.42 Å². The maximum absolute atomic E-state index is 13.4. The minimum Gasteiger partial charge on any atom is -0.493 e. The molecule has 10 nitrogen and oxygen atoms in total. The Morgan fingerprint density at radius 2 is 1.53 bits per heavy atom. The highest BCUT2D eigenvalue weighted by molar-refractivity contribution is 7.89. The number of nitrogens with zero attached hydrogens (tertiary/aromatic N) is 2. The summed E-state index contributed by atoms with van der Waals surface area (Å²) in [7, 11) is 5.42. The smallest absolute Gasteiger partial charge is 0.243 e. The van der Waals surface area contributed by atoms with Gasteiger partial charge in [0.15, 0.2) is 23.0 Å². The zero-order chi connectivity index (χ0) is 26.5. The summed E-state index contributed by atoms with van der Waals surface area (Å²) in [4.78, 5) is 15.0. The van der Waals surface area contributed by atoms with Crippen molar-refractivity contribution in [3.63, 3.8) is 0 Å². The molecular weight excluding hydrogens is 488 g/mol. The van der Waals surface area contributed by atoms with Crippen molar-refractivity contribution in [3.05, 3.63) is 35.9 Å². The molecule has 0 aromatic heterocycles. The first kappa shape index (κ1) is 27.4. The van der Waals surface area contributed by atoms with Gasteiger partial charge in [0.25, 0.3) is 0 Å². The van der Waals surface area contributed by atoms with E-state index in [2.05, 4.69) is 0 Å². The van der Waals surface area contributed by atoms with E-state index in [9.17, 15) is 13.2 Å². The molecule has 0 radical (unpaired) electrons. The van der Waals surface area contributed by atoms with Gasteiger partial charge < -0.3 is 28.6 Å². The molecule has 0 aliphatic carbocycles. The summed E-state index contributed by atoms with van der Waals surface area (Å²) in [5.74, 6) is 1.65. The third-order valence-corrected chi connectivity index (χ3v) is 8.11. The van der Waals surface area contributed by atoms with Gasteiger partial charge >= 0.3 is 0 Å². The van der Waals surface area contributed by atoms with E-state index in [1.54, 1.807) is 30.1 Å². The number of methoxy groups -OCH3 is 5. The highest BCUT2D eigenvalue weighted by Gasteiger charge is 2.35. The lowest BCUT2D eigenvalue weighted by Gasteiger charge is -2.33. The van der Waals surface area contributed by atoms with Crippen molar-refractivity contribution in [2.75, 3.05) is 55.7 Å². The largest absolute Gasteiger partial charge is 0.493 e. The molecule has 0 spiro atoms.